The van der Waals surface area contributed by atoms with Crippen LogP contribution in [0, 0.1) is 0 Å². The summed E-state index contributed by atoms with van der Waals surface area (Å²) >= 11 is 16.0. The summed E-state index contributed by atoms with van der Waals surface area (Å²) in [5.74, 6) is 0.620. The van der Waals surface area contributed by atoms with Gasteiger partial charge in [-0.05, 0) is 24.5 Å². The van der Waals surface area contributed by atoms with E-state index in [4.69, 9.17) is 23.2 Å². The third-order valence-corrected chi connectivity index (χ3v) is 4.17. The first-order chi connectivity index (χ1) is 10.6. The average molecular weight is 401 g/mol. The third kappa shape index (κ3) is 3.62. The molecule has 116 valence electrons. The summed E-state index contributed by atoms with van der Waals surface area (Å²) in [5, 5.41) is 7.11. The lowest BCUT2D eigenvalue weighted by molar-refractivity contribution is 0.477. The molecule has 0 saturated heterocycles. The summed E-state index contributed by atoms with van der Waals surface area (Å²) in [7, 11) is 0. The zero-order chi connectivity index (χ0) is 16.1. The van der Waals surface area contributed by atoms with E-state index in [-0.39, 0.29) is 0 Å². The van der Waals surface area contributed by atoms with Crippen molar-refractivity contribution in [2.24, 2.45) is 10.1 Å². The molecular formula is C16H16BrCl2N3. The van der Waals surface area contributed by atoms with Gasteiger partial charge in [-0.3, -0.25) is 0 Å². The van der Waals surface area contributed by atoms with E-state index in [9.17, 15) is 0 Å². The van der Waals surface area contributed by atoms with Crippen LogP contribution >= 0.6 is 39.1 Å². The second kappa shape index (κ2) is 7.95. The second-order valence-corrected chi connectivity index (χ2v) is 5.82. The Labute approximate surface area is 149 Å². The van der Waals surface area contributed by atoms with E-state index in [1.54, 1.807) is 22.3 Å². The van der Waals surface area contributed by atoms with E-state index in [0.717, 1.165) is 34.7 Å². The van der Waals surface area contributed by atoms with Gasteiger partial charge in [-0.2, -0.15) is 5.10 Å². The molecule has 6 heteroatoms. The average Bonchev–Trinajstić information content (AvgIpc) is 2.52. The topological polar surface area (TPSA) is 28.0 Å². The predicted molar refractivity (Wildman–Crippen MR) is 98.9 cm³/mol. The molecule has 0 amide bonds. The highest BCUT2D eigenvalue weighted by Gasteiger charge is 2.20. The van der Waals surface area contributed by atoms with Crippen molar-refractivity contribution in [3.05, 3.63) is 56.4 Å². The number of aliphatic imine (C=N–C) groups is 1. The SMILES string of the molecule is CC/C=N\N1C(Cl)=CC(c2cccc(Cl)c2CC)=N/C1=C\Br. The summed E-state index contributed by atoms with van der Waals surface area (Å²) in [4.78, 5) is 6.33. The largest absolute Gasteiger partial charge is 0.228 e. The molecule has 0 atom stereocenters. The van der Waals surface area contributed by atoms with Crippen LogP contribution in [0.2, 0.25) is 5.02 Å². The van der Waals surface area contributed by atoms with Crippen LogP contribution < -0.4 is 0 Å². The van der Waals surface area contributed by atoms with Crippen LogP contribution in [-0.2, 0) is 6.42 Å². The first-order valence-electron chi connectivity index (χ1n) is 6.98. The Morgan fingerprint density at radius 1 is 1.32 bits per heavy atom. The van der Waals surface area contributed by atoms with Crippen molar-refractivity contribution in [3.63, 3.8) is 0 Å². The van der Waals surface area contributed by atoms with Gasteiger partial charge in [0.2, 0.25) is 0 Å². The quantitative estimate of drug-likeness (QED) is 0.472. The van der Waals surface area contributed by atoms with Crippen molar-refractivity contribution >= 4 is 51.1 Å². The number of rotatable bonds is 4. The molecule has 1 aromatic carbocycles. The lowest BCUT2D eigenvalue weighted by Crippen LogP contribution is -2.20. The fourth-order valence-electron chi connectivity index (χ4n) is 2.13. The van der Waals surface area contributed by atoms with Crippen molar-refractivity contribution in [3.8, 4) is 0 Å². The number of hydrazone groups is 1. The highest BCUT2D eigenvalue weighted by molar-refractivity contribution is 9.11. The molecule has 0 aromatic heterocycles. The van der Waals surface area contributed by atoms with E-state index in [1.165, 1.54) is 0 Å². The summed E-state index contributed by atoms with van der Waals surface area (Å²) in [5.41, 5.74) is 2.82. The number of nitrogens with zero attached hydrogens (tertiary/aromatic N) is 3. The van der Waals surface area contributed by atoms with Crippen LogP contribution in [0.5, 0.6) is 0 Å². The minimum absolute atomic E-state index is 0.488. The van der Waals surface area contributed by atoms with Crippen LogP contribution in [0.1, 0.15) is 31.4 Å². The van der Waals surface area contributed by atoms with E-state index < -0.39 is 0 Å². The van der Waals surface area contributed by atoms with Crippen molar-refractivity contribution in [2.45, 2.75) is 26.7 Å². The van der Waals surface area contributed by atoms with Gasteiger partial charge in [0.05, 0.1) is 5.71 Å². The molecule has 0 aliphatic carbocycles. The molecule has 0 spiro atoms. The highest BCUT2D eigenvalue weighted by atomic mass is 79.9. The smallest absolute Gasteiger partial charge is 0.162 e. The number of hydrogen-bond donors (Lipinski definition) is 0. The van der Waals surface area contributed by atoms with Gasteiger partial charge in [0, 0.05) is 27.9 Å². The van der Waals surface area contributed by atoms with Crippen LogP contribution in [0.3, 0.4) is 0 Å². The minimum Gasteiger partial charge on any atom is -0.228 e. The third-order valence-electron chi connectivity index (χ3n) is 3.14. The molecule has 1 aliphatic rings. The van der Waals surface area contributed by atoms with Gasteiger partial charge in [-0.1, -0.05) is 65.1 Å². The number of halogens is 3. The molecular weight excluding hydrogens is 385 g/mol. The van der Waals surface area contributed by atoms with Gasteiger partial charge in [-0.25, -0.2) is 10.0 Å². The molecule has 0 fully saturated rings. The number of hydrogen-bond acceptors (Lipinski definition) is 3. The zero-order valence-corrected chi connectivity index (χ0v) is 15.5. The maximum atomic E-state index is 6.37. The minimum atomic E-state index is 0.488. The predicted octanol–water partition coefficient (Wildman–Crippen LogP) is 5.68. The molecule has 0 unspecified atom stereocenters. The Morgan fingerprint density at radius 2 is 2.09 bits per heavy atom. The van der Waals surface area contributed by atoms with Gasteiger partial charge in [0.15, 0.2) is 5.82 Å². The van der Waals surface area contributed by atoms with Crippen LogP contribution in [0.15, 0.2) is 50.3 Å². The van der Waals surface area contributed by atoms with Crippen LogP contribution in [-0.4, -0.2) is 16.9 Å². The molecule has 0 saturated carbocycles. The van der Waals surface area contributed by atoms with Crippen LogP contribution in [0.25, 0.3) is 0 Å². The lowest BCUT2D eigenvalue weighted by Gasteiger charge is -2.23. The lowest BCUT2D eigenvalue weighted by atomic mass is 10.0. The van der Waals surface area contributed by atoms with E-state index >= 15 is 0 Å². The van der Waals surface area contributed by atoms with E-state index in [0.29, 0.717) is 11.0 Å². The number of allylic oxidation sites excluding steroid dienone is 1. The Bertz CT molecular complexity index is 678. The fourth-order valence-corrected chi connectivity index (χ4v) is 2.97. The Hall–Kier alpha value is -1.10. The van der Waals surface area contributed by atoms with Gasteiger partial charge >= 0.3 is 0 Å². The molecule has 1 aromatic rings. The Morgan fingerprint density at radius 3 is 2.73 bits per heavy atom. The van der Waals surface area contributed by atoms with Crippen LogP contribution in [0.4, 0.5) is 0 Å². The van der Waals surface area contributed by atoms with Crippen molar-refractivity contribution in [1.29, 1.82) is 0 Å². The van der Waals surface area contributed by atoms with Crippen molar-refractivity contribution in [1.82, 2.24) is 5.01 Å². The molecule has 0 N–H and O–H groups in total. The van der Waals surface area contributed by atoms with Gasteiger partial charge < -0.3 is 0 Å². The zero-order valence-electron chi connectivity index (χ0n) is 12.4. The van der Waals surface area contributed by atoms with Crippen molar-refractivity contribution in [2.75, 3.05) is 0 Å². The molecule has 0 radical (unpaired) electrons. The van der Waals surface area contributed by atoms with Gasteiger partial charge in [0.25, 0.3) is 0 Å². The first kappa shape index (κ1) is 17.3. The maximum Gasteiger partial charge on any atom is 0.162 e. The molecule has 3 nitrogen and oxygen atoms in total. The molecule has 1 aliphatic heterocycles. The molecule has 22 heavy (non-hydrogen) atoms. The number of benzene rings is 1. The van der Waals surface area contributed by atoms with Crippen molar-refractivity contribution < 1.29 is 0 Å². The van der Waals surface area contributed by atoms with E-state index in [1.807, 2.05) is 25.1 Å². The monoisotopic (exact) mass is 399 g/mol. The summed E-state index contributed by atoms with van der Waals surface area (Å²) in [6.07, 6.45) is 5.23. The molecule has 0 bridgehead atoms. The standard InChI is InChI=1S/C16H16BrCl2N3/c1-3-8-20-22-15(19)9-14(21-16(22)10-17)12-6-5-7-13(18)11(12)4-2/h5-10H,3-4H2,1-2H3/b16-10+,20-8-. The first-order valence-corrected chi connectivity index (χ1v) is 8.66. The molecule has 1 heterocycles. The summed E-state index contributed by atoms with van der Waals surface area (Å²) in [6, 6.07) is 5.80. The second-order valence-electron chi connectivity index (χ2n) is 4.57. The summed E-state index contributed by atoms with van der Waals surface area (Å²) in [6.45, 7) is 4.08. The molecule has 2 rings (SSSR count). The Balaban J connectivity index is 2.49. The summed E-state index contributed by atoms with van der Waals surface area (Å²) < 4.78 is 0. The normalized spacial score (nSPS) is 17.1. The maximum absolute atomic E-state index is 6.37. The highest BCUT2D eigenvalue weighted by Crippen LogP contribution is 2.29. The fraction of sp³-hybridized carbons (Fsp3) is 0.250. The van der Waals surface area contributed by atoms with E-state index in [2.05, 4.69) is 32.9 Å². The van der Waals surface area contributed by atoms with Gasteiger partial charge in [0.1, 0.15) is 5.16 Å². The Kier molecular flexibility index (Phi) is 6.24. The van der Waals surface area contributed by atoms with Gasteiger partial charge in [-0.15, -0.1) is 0 Å².